The average Bonchev–Trinajstić information content (AvgIpc) is 2.33. The summed E-state index contributed by atoms with van der Waals surface area (Å²) in [5.74, 6) is 1.42. The number of rotatable bonds is 6. The maximum atomic E-state index is 4.46. The summed E-state index contributed by atoms with van der Waals surface area (Å²) in [6, 6.07) is 0. The van der Waals surface area contributed by atoms with E-state index in [2.05, 4.69) is 58.8 Å². The van der Waals surface area contributed by atoms with Gasteiger partial charge in [-0.3, -0.25) is 0 Å². The molecule has 0 spiro atoms. The number of hydrogen-bond acceptors (Lipinski definition) is 5. The van der Waals surface area contributed by atoms with Crippen LogP contribution < -0.4 is 9.80 Å². The largest absolute Gasteiger partial charge is 0.341 e. The maximum Gasteiger partial charge on any atom is 0.230 e. The summed E-state index contributed by atoms with van der Waals surface area (Å²) in [5, 5.41) is 0. The lowest BCUT2D eigenvalue weighted by atomic mass is 10.5. The molecule has 1 aromatic heterocycles. The number of hydrogen-bond donors (Lipinski definition) is 0. The van der Waals surface area contributed by atoms with Gasteiger partial charge in [-0.1, -0.05) is 0 Å². The molecule has 0 saturated carbocycles. The van der Waals surface area contributed by atoms with E-state index in [0.29, 0.717) is 11.9 Å². The molecule has 5 heteroatoms. The van der Waals surface area contributed by atoms with Crippen LogP contribution in [0.4, 0.5) is 11.9 Å². The lowest BCUT2D eigenvalue weighted by Crippen LogP contribution is -2.28. The number of anilines is 2. The minimum Gasteiger partial charge on any atom is -0.341 e. The van der Waals surface area contributed by atoms with Crippen molar-refractivity contribution in [3.63, 3.8) is 0 Å². The second-order valence-corrected chi connectivity index (χ2v) is 3.38. The maximum absolute atomic E-state index is 4.46. The zero-order valence-corrected chi connectivity index (χ0v) is 10.6. The molecule has 0 unspecified atom stereocenters. The first kappa shape index (κ1) is 12.7. The Hall–Kier alpha value is -1.39. The normalized spacial score (nSPS) is 10.2. The average molecular weight is 222 g/mol. The summed E-state index contributed by atoms with van der Waals surface area (Å²) in [5.41, 5.74) is 0. The van der Waals surface area contributed by atoms with Gasteiger partial charge in [0.15, 0.2) is 0 Å². The fraction of sp³-hybridized carbons (Fsp3) is 0.727. The summed E-state index contributed by atoms with van der Waals surface area (Å²) in [6.45, 7) is 11.9. The molecule has 1 radical (unpaired) electrons. The van der Waals surface area contributed by atoms with E-state index < -0.39 is 0 Å². The zero-order valence-electron chi connectivity index (χ0n) is 10.6. The lowest BCUT2D eigenvalue weighted by Gasteiger charge is -2.21. The van der Waals surface area contributed by atoms with E-state index in [1.54, 1.807) is 0 Å². The van der Waals surface area contributed by atoms with E-state index in [1.807, 2.05) is 0 Å². The van der Waals surface area contributed by atoms with E-state index in [1.165, 1.54) is 0 Å². The van der Waals surface area contributed by atoms with E-state index in [-0.39, 0.29) is 0 Å². The molecule has 0 aromatic carbocycles. The van der Waals surface area contributed by atoms with Gasteiger partial charge in [0.25, 0.3) is 0 Å². The lowest BCUT2D eigenvalue weighted by molar-refractivity contribution is 0.774. The summed E-state index contributed by atoms with van der Waals surface area (Å²) in [4.78, 5) is 16.8. The van der Waals surface area contributed by atoms with Gasteiger partial charge in [0.1, 0.15) is 0 Å². The molecule has 1 rings (SSSR count). The minimum absolute atomic E-state index is 0.710. The molecule has 0 saturated heterocycles. The Morgan fingerprint density at radius 3 is 1.50 bits per heavy atom. The molecule has 0 amide bonds. The van der Waals surface area contributed by atoms with Gasteiger partial charge in [0.05, 0.1) is 0 Å². The highest BCUT2D eigenvalue weighted by Crippen LogP contribution is 2.10. The van der Waals surface area contributed by atoms with Crippen molar-refractivity contribution in [3.05, 3.63) is 6.33 Å². The monoisotopic (exact) mass is 222 g/mol. The molecule has 0 fully saturated rings. The molecule has 0 bridgehead atoms. The van der Waals surface area contributed by atoms with Crippen molar-refractivity contribution in [1.29, 1.82) is 0 Å². The van der Waals surface area contributed by atoms with E-state index in [0.717, 1.165) is 26.2 Å². The molecule has 5 nitrogen and oxygen atoms in total. The Balaban J connectivity index is 2.93. The molecule has 0 atom stereocenters. The van der Waals surface area contributed by atoms with Crippen LogP contribution in [0.5, 0.6) is 0 Å². The van der Waals surface area contributed by atoms with Gasteiger partial charge in [0, 0.05) is 26.2 Å². The van der Waals surface area contributed by atoms with Gasteiger partial charge in [0.2, 0.25) is 18.2 Å². The molecule has 0 aliphatic heterocycles. The van der Waals surface area contributed by atoms with Gasteiger partial charge < -0.3 is 9.80 Å². The molecule has 1 heterocycles. The molecular weight excluding hydrogens is 202 g/mol. The third-order valence-electron chi connectivity index (χ3n) is 2.59. The topological polar surface area (TPSA) is 45.2 Å². The first-order chi connectivity index (χ1) is 7.76. The Morgan fingerprint density at radius 2 is 1.19 bits per heavy atom. The number of nitrogens with zero attached hydrogens (tertiary/aromatic N) is 5. The van der Waals surface area contributed by atoms with E-state index in [4.69, 9.17) is 0 Å². The highest BCUT2D eigenvalue weighted by atomic mass is 15.3. The van der Waals surface area contributed by atoms with Crippen molar-refractivity contribution in [2.45, 2.75) is 27.7 Å². The number of aromatic nitrogens is 3. The molecule has 0 N–H and O–H groups in total. The Bertz CT molecular complexity index is 280. The third kappa shape index (κ3) is 2.81. The van der Waals surface area contributed by atoms with Gasteiger partial charge >= 0.3 is 0 Å². The minimum atomic E-state index is 0.710. The van der Waals surface area contributed by atoms with Gasteiger partial charge in [-0.25, -0.2) is 0 Å². The fourth-order valence-electron chi connectivity index (χ4n) is 1.55. The highest BCUT2D eigenvalue weighted by molar-refractivity contribution is 5.37. The fourth-order valence-corrected chi connectivity index (χ4v) is 1.55. The zero-order chi connectivity index (χ0) is 12.0. The second kappa shape index (κ2) is 6.25. The van der Waals surface area contributed by atoms with Crippen molar-refractivity contribution >= 4 is 11.9 Å². The van der Waals surface area contributed by atoms with Gasteiger partial charge in [-0.2, -0.15) is 15.0 Å². The smallest absolute Gasteiger partial charge is 0.230 e. The molecule has 16 heavy (non-hydrogen) atoms. The Morgan fingerprint density at radius 1 is 0.812 bits per heavy atom. The first-order valence-corrected chi connectivity index (χ1v) is 5.88. The van der Waals surface area contributed by atoms with E-state index in [9.17, 15) is 0 Å². The van der Waals surface area contributed by atoms with Crippen LogP contribution in [-0.4, -0.2) is 41.1 Å². The molecular formula is C11H20N5. The van der Waals surface area contributed by atoms with Crippen LogP contribution in [0.2, 0.25) is 0 Å². The summed E-state index contributed by atoms with van der Waals surface area (Å²) < 4.78 is 0. The predicted octanol–water partition coefficient (Wildman–Crippen LogP) is 1.36. The Labute approximate surface area is 97.5 Å². The van der Waals surface area contributed by atoms with Crippen molar-refractivity contribution in [1.82, 2.24) is 15.0 Å². The van der Waals surface area contributed by atoms with Crippen LogP contribution >= 0.6 is 0 Å². The van der Waals surface area contributed by atoms with Crippen LogP contribution in [0, 0.1) is 6.33 Å². The summed E-state index contributed by atoms with van der Waals surface area (Å²) in [6.07, 6.45) is 2.68. The summed E-state index contributed by atoms with van der Waals surface area (Å²) >= 11 is 0. The highest BCUT2D eigenvalue weighted by Gasteiger charge is 2.10. The van der Waals surface area contributed by atoms with Crippen molar-refractivity contribution in [2.24, 2.45) is 0 Å². The molecule has 0 aliphatic rings. The third-order valence-corrected chi connectivity index (χ3v) is 2.59. The van der Waals surface area contributed by atoms with Crippen LogP contribution in [-0.2, 0) is 0 Å². The summed E-state index contributed by atoms with van der Waals surface area (Å²) in [7, 11) is 0. The Kier molecular flexibility index (Phi) is 4.95. The van der Waals surface area contributed by atoms with Crippen molar-refractivity contribution in [3.8, 4) is 0 Å². The van der Waals surface area contributed by atoms with Crippen molar-refractivity contribution in [2.75, 3.05) is 36.0 Å². The molecule has 0 aliphatic carbocycles. The molecule has 89 valence electrons. The van der Waals surface area contributed by atoms with Crippen LogP contribution in [0.1, 0.15) is 27.7 Å². The SMILES string of the molecule is CCN(CC)c1n[c]nc(N(CC)CC)n1. The quantitative estimate of drug-likeness (QED) is 0.727. The van der Waals surface area contributed by atoms with Crippen molar-refractivity contribution < 1.29 is 0 Å². The van der Waals surface area contributed by atoms with Crippen LogP contribution in [0.15, 0.2) is 0 Å². The second-order valence-electron chi connectivity index (χ2n) is 3.38. The van der Waals surface area contributed by atoms with Gasteiger partial charge in [-0.15, -0.1) is 0 Å². The van der Waals surface area contributed by atoms with Crippen LogP contribution in [0.3, 0.4) is 0 Å². The first-order valence-electron chi connectivity index (χ1n) is 5.88. The van der Waals surface area contributed by atoms with E-state index >= 15 is 0 Å². The standard InChI is InChI=1S/C11H20N5/c1-5-15(6-2)10-12-9-13-11(14-10)16(7-3)8-4/h5-8H2,1-4H3. The predicted molar refractivity (Wildman–Crippen MR) is 65.8 cm³/mol. The molecule has 1 aromatic rings. The van der Waals surface area contributed by atoms with Crippen LogP contribution in [0.25, 0.3) is 0 Å². The van der Waals surface area contributed by atoms with Gasteiger partial charge in [-0.05, 0) is 27.7 Å².